The molecule has 5 nitrogen and oxygen atoms in total. The Kier molecular flexibility index (Phi) is 4.41. The first kappa shape index (κ1) is 13.4. The maximum atomic E-state index is 5.66. The Hall–Kier alpha value is -2.01. The van der Waals surface area contributed by atoms with Crippen LogP contribution in [-0.2, 0) is 0 Å². The number of aromatic nitrogens is 1. The van der Waals surface area contributed by atoms with Gasteiger partial charge in [-0.25, -0.2) is 4.98 Å². The summed E-state index contributed by atoms with van der Waals surface area (Å²) in [6.45, 7) is 1.34. The molecule has 0 radical (unpaired) electrons. The highest BCUT2D eigenvalue weighted by atomic mass is 16.5. The standard InChI is InChI=1S/C14H18N2O3/c1-15-6-7-19-14-11-9-13(18-3)12(17-2)8-10(11)4-5-16-14/h4-5,8-9,15H,6-7H2,1-3H3. The van der Waals surface area contributed by atoms with Crippen molar-refractivity contribution >= 4 is 10.8 Å². The summed E-state index contributed by atoms with van der Waals surface area (Å²) in [4.78, 5) is 4.26. The van der Waals surface area contributed by atoms with Gasteiger partial charge in [0.2, 0.25) is 5.88 Å². The average molecular weight is 262 g/mol. The van der Waals surface area contributed by atoms with Gasteiger partial charge in [-0.3, -0.25) is 0 Å². The summed E-state index contributed by atoms with van der Waals surface area (Å²) in [5.41, 5.74) is 0. The van der Waals surface area contributed by atoms with Crippen LogP contribution in [0.2, 0.25) is 0 Å². The second kappa shape index (κ2) is 6.24. The lowest BCUT2D eigenvalue weighted by atomic mass is 10.1. The number of benzene rings is 1. The van der Waals surface area contributed by atoms with Crippen molar-refractivity contribution in [3.05, 3.63) is 24.4 Å². The molecule has 1 aromatic carbocycles. The van der Waals surface area contributed by atoms with Gasteiger partial charge in [-0.2, -0.15) is 0 Å². The van der Waals surface area contributed by atoms with E-state index in [0.717, 1.165) is 17.3 Å². The van der Waals surface area contributed by atoms with E-state index in [2.05, 4.69) is 10.3 Å². The van der Waals surface area contributed by atoms with E-state index in [1.54, 1.807) is 20.4 Å². The number of hydrogen-bond donors (Lipinski definition) is 1. The largest absolute Gasteiger partial charge is 0.493 e. The van der Waals surface area contributed by atoms with Gasteiger partial charge in [0.15, 0.2) is 11.5 Å². The van der Waals surface area contributed by atoms with Crippen LogP contribution in [0.25, 0.3) is 10.8 Å². The first-order chi connectivity index (χ1) is 9.30. The van der Waals surface area contributed by atoms with Crippen LogP contribution in [-0.4, -0.2) is 39.4 Å². The molecular weight excluding hydrogens is 244 g/mol. The SMILES string of the molecule is CNCCOc1nccc2cc(OC)c(OC)cc12. The number of fused-ring (bicyclic) bond motifs is 1. The topological polar surface area (TPSA) is 52.6 Å². The molecule has 1 aromatic heterocycles. The Bertz CT molecular complexity index is 558. The molecule has 1 heterocycles. The van der Waals surface area contributed by atoms with Crippen LogP contribution in [0.4, 0.5) is 0 Å². The fourth-order valence-corrected chi connectivity index (χ4v) is 1.84. The second-order valence-corrected chi connectivity index (χ2v) is 4.00. The van der Waals surface area contributed by atoms with Crippen LogP contribution < -0.4 is 19.5 Å². The minimum atomic E-state index is 0.566. The van der Waals surface area contributed by atoms with Gasteiger partial charge in [-0.05, 0) is 30.6 Å². The highest BCUT2D eigenvalue weighted by molar-refractivity contribution is 5.89. The molecule has 0 fully saturated rings. The molecule has 0 aliphatic carbocycles. The number of methoxy groups -OCH3 is 2. The number of rotatable bonds is 6. The van der Waals surface area contributed by atoms with E-state index in [0.29, 0.717) is 24.0 Å². The Morgan fingerprint density at radius 3 is 2.58 bits per heavy atom. The van der Waals surface area contributed by atoms with E-state index in [1.807, 2.05) is 25.2 Å². The number of hydrogen-bond acceptors (Lipinski definition) is 5. The van der Waals surface area contributed by atoms with Crippen molar-refractivity contribution in [3.63, 3.8) is 0 Å². The van der Waals surface area contributed by atoms with E-state index in [9.17, 15) is 0 Å². The summed E-state index contributed by atoms with van der Waals surface area (Å²) < 4.78 is 16.3. The first-order valence-electron chi connectivity index (χ1n) is 6.08. The van der Waals surface area contributed by atoms with Crippen molar-refractivity contribution in [2.75, 3.05) is 34.4 Å². The number of ether oxygens (including phenoxy) is 3. The van der Waals surface area contributed by atoms with Gasteiger partial charge < -0.3 is 19.5 Å². The minimum absolute atomic E-state index is 0.566. The number of likely N-dealkylation sites (N-methyl/N-ethyl adjacent to an activating group) is 1. The lowest BCUT2D eigenvalue weighted by Crippen LogP contribution is -2.16. The molecule has 0 atom stereocenters. The highest BCUT2D eigenvalue weighted by Gasteiger charge is 2.10. The zero-order valence-corrected chi connectivity index (χ0v) is 11.4. The molecule has 1 N–H and O–H groups in total. The Labute approximate surface area is 112 Å². The van der Waals surface area contributed by atoms with Crippen LogP contribution in [0.5, 0.6) is 17.4 Å². The van der Waals surface area contributed by atoms with Crippen molar-refractivity contribution < 1.29 is 14.2 Å². The molecule has 5 heteroatoms. The van der Waals surface area contributed by atoms with Crippen molar-refractivity contribution in [1.29, 1.82) is 0 Å². The smallest absolute Gasteiger partial charge is 0.221 e. The summed E-state index contributed by atoms with van der Waals surface area (Å²) in [5.74, 6) is 1.97. The summed E-state index contributed by atoms with van der Waals surface area (Å²) in [6, 6.07) is 5.72. The lowest BCUT2D eigenvalue weighted by Gasteiger charge is -2.12. The average Bonchev–Trinajstić information content (AvgIpc) is 2.46. The van der Waals surface area contributed by atoms with Gasteiger partial charge in [0, 0.05) is 18.1 Å². The third-order valence-corrected chi connectivity index (χ3v) is 2.82. The maximum Gasteiger partial charge on any atom is 0.221 e. The van der Waals surface area contributed by atoms with E-state index in [4.69, 9.17) is 14.2 Å². The Morgan fingerprint density at radius 2 is 1.89 bits per heavy atom. The number of pyridine rings is 1. The van der Waals surface area contributed by atoms with E-state index in [1.165, 1.54) is 0 Å². The quantitative estimate of drug-likeness (QED) is 0.805. The van der Waals surface area contributed by atoms with Crippen LogP contribution in [0, 0.1) is 0 Å². The predicted molar refractivity (Wildman–Crippen MR) is 74.3 cm³/mol. The third-order valence-electron chi connectivity index (χ3n) is 2.82. The molecule has 2 rings (SSSR count). The molecule has 19 heavy (non-hydrogen) atoms. The maximum absolute atomic E-state index is 5.66. The molecule has 102 valence electrons. The first-order valence-corrected chi connectivity index (χ1v) is 6.08. The zero-order valence-electron chi connectivity index (χ0n) is 11.4. The van der Waals surface area contributed by atoms with Gasteiger partial charge in [0.1, 0.15) is 6.61 Å². The lowest BCUT2D eigenvalue weighted by molar-refractivity contribution is 0.310. The number of nitrogens with zero attached hydrogens (tertiary/aromatic N) is 1. The van der Waals surface area contributed by atoms with Crippen LogP contribution in [0.3, 0.4) is 0 Å². The molecular formula is C14H18N2O3. The van der Waals surface area contributed by atoms with Crippen molar-refractivity contribution in [2.24, 2.45) is 0 Å². The number of nitrogens with one attached hydrogen (secondary N) is 1. The van der Waals surface area contributed by atoms with E-state index in [-0.39, 0.29) is 0 Å². The van der Waals surface area contributed by atoms with E-state index >= 15 is 0 Å². The van der Waals surface area contributed by atoms with Gasteiger partial charge in [0.25, 0.3) is 0 Å². The van der Waals surface area contributed by atoms with Crippen LogP contribution in [0.1, 0.15) is 0 Å². The summed E-state index contributed by atoms with van der Waals surface area (Å²) in [5, 5.41) is 4.95. The fraction of sp³-hybridized carbons (Fsp3) is 0.357. The van der Waals surface area contributed by atoms with Crippen LogP contribution in [0.15, 0.2) is 24.4 Å². The Morgan fingerprint density at radius 1 is 1.16 bits per heavy atom. The molecule has 0 aliphatic rings. The monoisotopic (exact) mass is 262 g/mol. The highest BCUT2D eigenvalue weighted by Crippen LogP contribution is 2.35. The van der Waals surface area contributed by atoms with Crippen molar-refractivity contribution in [3.8, 4) is 17.4 Å². The fourth-order valence-electron chi connectivity index (χ4n) is 1.84. The molecule has 0 amide bonds. The predicted octanol–water partition coefficient (Wildman–Crippen LogP) is 1.85. The van der Waals surface area contributed by atoms with Gasteiger partial charge >= 0.3 is 0 Å². The van der Waals surface area contributed by atoms with Gasteiger partial charge in [-0.15, -0.1) is 0 Å². The van der Waals surface area contributed by atoms with Gasteiger partial charge in [0.05, 0.1) is 14.2 Å². The summed E-state index contributed by atoms with van der Waals surface area (Å²) in [6.07, 6.45) is 1.73. The molecule has 0 unspecified atom stereocenters. The molecule has 0 saturated heterocycles. The van der Waals surface area contributed by atoms with E-state index < -0.39 is 0 Å². The minimum Gasteiger partial charge on any atom is -0.493 e. The molecule has 2 aromatic rings. The molecule has 0 bridgehead atoms. The molecule has 0 spiro atoms. The van der Waals surface area contributed by atoms with Crippen molar-refractivity contribution in [2.45, 2.75) is 0 Å². The normalized spacial score (nSPS) is 10.5. The summed E-state index contributed by atoms with van der Waals surface area (Å²) in [7, 11) is 5.12. The third kappa shape index (κ3) is 2.88. The van der Waals surface area contributed by atoms with Crippen molar-refractivity contribution in [1.82, 2.24) is 10.3 Å². The molecule has 0 saturated carbocycles. The summed E-state index contributed by atoms with van der Waals surface area (Å²) >= 11 is 0. The van der Waals surface area contributed by atoms with Gasteiger partial charge in [-0.1, -0.05) is 0 Å². The Balaban J connectivity index is 2.42. The zero-order chi connectivity index (χ0) is 13.7. The second-order valence-electron chi connectivity index (χ2n) is 4.00. The van der Waals surface area contributed by atoms with Crippen LogP contribution >= 0.6 is 0 Å². The molecule has 0 aliphatic heterocycles.